The first-order chi connectivity index (χ1) is 10.7. The molecule has 0 saturated carbocycles. The molecule has 1 amide bonds. The van der Waals surface area contributed by atoms with Crippen LogP contribution in [0.3, 0.4) is 0 Å². The highest BCUT2D eigenvalue weighted by atomic mass is 16.5. The second-order valence-corrected chi connectivity index (χ2v) is 4.63. The molecule has 0 spiro atoms. The van der Waals surface area contributed by atoms with E-state index < -0.39 is 6.10 Å². The molecule has 0 unspecified atom stereocenters. The van der Waals surface area contributed by atoms with Crippen molar-refractivity contribution in [3.05, 3.63) is 54.3 Å². The molecular weight excluding hydrogens is 288 g/mol. The van der Waals surface area contributed by atoms with Crippen LogP contribution in [-0.2, 0) is 0 Å². The van der Waals surface area contributed by atoms with E-state index in [4.69, 9.17) is 13.4 Å². The van der Waals surface area contributed by atoms with Crippen molar-refractivity contribution in [2.45, 2.75) is 12.5 Å². The summed E-state index contributed by atoms with van der Waals surface area (Å²) in [7, 11) is 0. The maximum absolute atomic E-state index is 11.9. The fraction of sp³-hybridized carbons (Fsp3) is 0.200. The smallest absolute Gasteiger partial charge is 0.273 e. The first kappa shape index (κ1) is 14.2. The van der Waals surface area contributed by atoms with Gasteiger partial charge in [-0.1, -0.05) is 5.16 Å². The van der Waals surface area contributed by atoms with Crippen LogP contribution in [0.1, 0.15) is 28.8 Å². The number of aliphatic hydroxyl groups is 1. The number of hydrogen-bond acceptors (Lipinski definition) is 6. The number of rotatable bonds is 6. The monoisotopic (exact) mass is 302 g/mol. The number of carbonyl (C=O) groups excluding carboxylic acids is 1. The lowest BCUT2D eigenvalue weighted by Gasteiger charge is -2.07. The summed E-state index contributed by atoms with van der Waals surface area (Å²) in [6.07, 6.45) is 2.57. The summed E-state index contributed by atoms with van der Waals surface area (Å²) in [4.78, 5) is 11.9. The van der Waals surface area contributed by atoms with Crippen molar-refractivity contribution in [1.82, 2.24) is 10.5 Å². The number of hydrogen-bond donors (Lipinski definition) is 2. The molecule has 7 nitrogen and oxygen atoms in total. The number of aliphatic hydroxyl groups excluding tert-OH is 1. The molecule has 3 aromatic heterocycles. The van der Waals surface area contributed by atoms with Crippen molar-refractivity contribution in [2.75, 3.05) is 6.54 Å². The fourth-order valence-electron chi connectivity index (χ4n) is 1.95. The molecule has 1 atom stereocenters. The lowest BCUT2D eigenvalue weighted by atomic mass is 10.2. The van der Waals surface area contributed by atoms with Gasteiger partial charge in [-0.2, -0.15) is 0 Å². The number of aromatic nitrogens is 1. The largest absolute Gasteiger partial charge is 0.467 e. The van der Waals surface area contributed by atoms with Gasteiger partial charge in [-0.25, -0.2) is 0 Å². The van der Waals surface area contributed by atoms with Crippen molar-refractivity contribution >= 4 is 5.91 Å². The molecule has 114 valence electrons. The van der Waals surface area contributed by atoms with E-state index in [1.807, 2.05) is 0 Å². The fourth-order valence-corrected chi connectivity index (χ4v) is 1.95. The highest BCUT2D eigenvalue weighted by Gasteiger charge is 2.16. The molecular formula is C15H14N2O5. The van der Waals surface area contributed by atoms with Gasteiger partial charge >= 0.3 is 0 Å². The number of furan rings is 2. The summed E-state index contributed by atoms with van der Waals surface area (Å²) in [5.74, 6) is 0.967. The third-order valence-corrected chi connectivity index (χ3v) is 3.08. The molecule has 0 aromatic carbocycles. The third kappa shape index (κ3) is 3.09. The Labute approximate surface area is 125 Å². The van der Waals surface area contributed by atoms with Gasteiger partial charge in [0.25, 0.3) is 5.91 Å². The Kier molecular flexibility index (Phi) is 4.06. The van der Waals surface area contributed by atoms with Crippen molar-refractivity contribution in [3.8, 4) is 11.5 Å². The van der Waals surface area contributed by atoms with Gasteiger partial charge in [0.05, 0.1) is 12.5 Å². The quantitative estimate of drug-likeness (QED) is 0.725. The van der Waals surface area contributed by atoms with Crippen LogP contribution in [0.2, 0.25) is 0 Å². The molecule has 22 heavy (non-hydrogen) atoms. The number of nitrogens with zero attached hydrogens (tertiary/aromatic N) is 1. The molecule has 0 aliphatic heterocycles. The molecule has 3 heterocycles. The second-order valence-electron chi connectivity index (χ2n) is 4.63. The van der Waals surface area contributed by atoms with E-state index >= 15 is 0 Å². The van der Waals surface area contributed by atoms with E-state index in [-0.39, 0.29) is 18.1 Å². The minimum atomic E-state index is -0.758. The molecule has 2 N–H and O–H groups in total. The minimum Gasteiger partial charge on any atom is -0.467 e. The first-order valence-corrected chi connectivity index (χ1v) is 6.74. The Bertz CT molecular complexity index is 715. The van der Waals surface area contributed by atoms with Gasteiger partial charge in [-0.15, -0.1) is 0 Å². The molecule has 7 heteroatoms. The normalized spacial score (nSPS) is 12.2. The van der Waals surface area contributed by atoms with E-state index in [2.05, 4.69) is 10.5 Å². The van der Waals surface area contributed by atoms with Crippen molar-refractivity contribution in [1.29, 1.82) is 0 Å². The van der Waals surface area contributed by atoms with Crippen LogP contribution in [0.15, 0.2) is 56.2 Å². The van der Waals surface area contributed by atoms with Gasteiger partial charge < -0.3 is 23.8 Å². The molecule has 0 saturated heterocycles. The van der Waals surface area contributed by atoms with E-state index in [0.29, 0.717) is 23.7 Å². The molecule has 0 bridgehead atoms. The summed E-state index contributed by atoms with van der Waals surface area (Å²) < 4.78 is 15.3. The highest BCUT2D eigenvalue weighted by molar-refractivity contribution is 5.92. The minimum absolute atomic E-state index is 0.152. The lowest BCUT2D eigenvalue weighted by Crippen LogP contribution is -2.25. The third-order valence-electron chi connectivity index (χ3n) is 3.08. The van der Waals surface area contributed by atoms with Crippen LogP contribution < -0.4 is 5.32 Å². The summed E-state index contributed by atoms with van der Waals surface area (Å²) in [6, 6.07) is 8.30. The van der Waals surface area contributed by atoms with E-state index in [1.54, 1.807) is 24.3 Å². The molecule has 0 aliphatic rings. The summed E-state index contributed by atoms with van der Waals surface area (Å²) in [6.45, 7) is 0.281. The number of carbonyl (C=O) groups is 1. The summed E-state index contributed by atoms with van der Waals surface area (Å²) >= 11 is 0. The Morgan fingerprint density at radius 2 is 2.05 bits per heavy atom. The molecule has 3 aromatic rings. The molecule has 3 rings (SSSR count). The standard InChI is InChI=1S/C15H14N2O5/c18-11(12-3-1-7-20-12)5-6-16-15(19)10-9-14(22-17-10)13-4-2-8-21-13/h1-4,7-9,11,18H,5-6H2,(H,16,19)/t11-/m0/s1. The number of nitrogens with one attached hydrogen (secondary N) is 1. The Hall–Kier alpha value is -2.80. The molecule has 0 aliphatic carbocycles. The van der Waals surface area contributed by atoms with Crippen LogP contribution in [0.25, 0.3) is 11.5 Å². The van der Waals surface area contributed by atoms with Crippen LogP contribution in [-0.4, -0.2) is 22.7 Å². The van der Waals surface area contributed by atoms with Crippen molar-refractivity contribution in [3.63, 3.8) is 0 Å². The van der Waals surface area contributed by atoms with E-state index in [0.717, 1.165) is 0 Å². The first-order valence-electron chi connectivity index (χ1n) is 6.74. The Balaban J connectivity index is 1.52. The van der Waals surface area contributed by atoms with Gasteiger partial charge in [-0.3, -0.25) is 4.79 Å². The van der Waals surface area contributed by atoms with Crippen LogP contribution in [0.4, 0.5) is 0 Å². The van der Waals surface area contributed by atoms with Gasteiger partial charge in [-0.05, 0) is 30.7 Å². The van der Waals surface area contributed by atoms with Gasteiger partial charge in [0, 0.05) is 12.6 Å². The maximum Gasteiger partial charge on any atom is 0.273 e. The van der Waals surface area contributed by atoms with Gasteiger partial charge in [0.2, 0.25) is 5.76 Å². The van der Waals surface area contributed by atoms with Crippen molar-refractivity contribution in [2.24, 2.45) is 0 Å². The van der Waals surface area contributed by atoms with Gasteiger partial charge in [0.15, 0.2) is 11.5 Å². The number of amides is 1. The van der Waals surface area contributed by atoms with Crippen LogP contribution in [0.5, 0.6) is 0 Å². The highest BCUT2D eigenvalue weighted by Crippen LogP contribution is 2.20. The maximum atomic E-state index is 11.9. The lowest BCUT2D eigenvalue weighted by molar-refractivity contribution is 0.0927. The van der Waals surface area contributed by atoms with Crippen LogP contribution in [0, 0.1) is 0 Å². The molecule has 0 radical (unpaired) electrons. The van der Waals surface area contributed by atoms with E-state index in [9.17, 15) is 9.90 Å². The zero-order valence-corrected chi connectivity index (χ0v) is 11.6. The average molecular weight is 302 g/mol. The average Bonchev–Trinajstić information content (AvgIpc) is 3.26. The topological polar surface area (TPSA) is 102 Å². The van der Waals surface area contributed by atoms with Gasteiger partial charge in [0.1, 0.15) is 11.9 Å². The predicted molar refractivity (Wildman–Crippen MR) is 74.8 cm³/mol. The summed E-state index contributed by atoms with van der Waals surface area (Å²) in [5, 5.41) is 16.2. The second kappa shape index (κ2) is 6.31. The molecule has 0 fully saturated rings. The Morgan fingerprint density at radius 1 is 1.23 bits per heavy atom. The summed E-state index contributed by atoms with van der Waals surface area (Å²) in [5.41, 5.74) is 0.152. The van der Waals surface area contributed by atoms with Crippen LogP contribution >= 0.6 is 0 Å². The Morgan fingerprint density at radius 3 is 2.77 bits per heavy atom. The predicted octanol–water partition coefficient (Wildman–Crippen LogP) is 2.38. The zero-order valence-electron chi connectivity index (χ0n) is 11.6. The van der Waals surface area contributed by atoms with Crippen molar-refractivity contribution < 1.29 is 23.3 Å². The van der Waals surface area contributed by atoms with E-state index in [1.165, 1.54) is 18.6 Å². The zero-order chi connectivity index (χ0) is 15.4. The SMILES string of the molecule is O=C(NCC[C@H](O)c1ccco1)c1cc(-c2ccco2)on1.